The van der Waals surface area contributed by atoms with Gasteiger partial charge < -0.3 is 0 Å². The molecule has 0 aliphatic heterocycles. The first-order chi connectivity index (χ1) is 5.74. The van der Waals surface area contributed by atoms with E-state index in [1.807, 2.05) is 6.07 Å². The van der Waals surface area contributed by atoms with Crippen LogP contribution in [-0.2, 0) is 6.42 Å². The van der Waals surface area contributed by atoms with Crippen molar-refractivity contribution in [3.8, 4) is 0 Å². The molecule has 6 heteroatoms. The predicted octanol–water partition coefficient (Wildman–Crippen LogP) is 4.13. The van der Waals surface area contributed by atoms with Gasteiger partial charge in [0.05, 0.1) is 7.57 Å². The fourth-order valence-electron chi connectivity index (χ4n) is 0.760. The summed E-state index contributed by atoms with van der Waals surface area (Å²) in [5.41, 5.74) is 9.24. The fraction of sp³-hybridized carbons (Fsp3) is 0.333. The van der Waals surface area contributed by atoms with E-state index in [1.165, 1.54) is 5.56 Å². The van der Waals surface area contributed by atoms with Crippen molar-refractivity contribution in [1.29, 1.82) is 0 Å². The van der Waals surface area contributed by atoms with Crippen LogP contribution in [0.15, 0.2) is 18.8 Å². The average molecular weight is 311 g/mol. The number of nitrogens with zero attached hydrogens (tertiary/aromatic N) is 3. The first-order valence-corrected chi connectivity index (χ1v) is 5.59. The Morgan fingerprint density at radius 2 is 2.33 bits per heavy atom. The van der Waals surface area contributed by atoms with Gasteiger partial charge in [-0.15, -0.1) is 11.3 Å². The highest BCUT2D eigenvalue weighted by molar-refractivity contribution is 9.12. The molecule has 0 N–H and O–H groups in total. The van der Waals surface area contributed by atoms with E-state index >= 15 is 0 Å². The Labute approximate surface area is 90.7 Å². The first kappa shape index (κ1) is 10.1. The molecule has 0 amide bonds. The molecule has 3 nitrogen and oxygen atoms in total. The molecule has 12 heavy (non-hydrogen) atoms. The largest absolute Gasteiger partial charge is 0.121 e. The minimum atomic E-state index is 0.512. The fourth-order valence-corrected chi connectivity index (χ4v) is 3.67. The van der Waals surface area contributed by atoms with E-state index in [-0.39, 0.29) is 0 Å². The highest BCUT2D eigenvalue weighted by Gasteiger charge is 2.03. The van der Waals surface area contributed by atoms with E-state index in [4.69, 9.17) is 5.53 Å². The third-order valence-corrected chi connectivity index (χ3v) is 3.74. The van der Waals surface area contributed by atoms with Crippen molar-refractivity contribution < 1.29 is 0 Å². The van der Waals surface area contributed by atoms with Crippen molar-refractivity contribution in [3.05, 3.63) is 29.6 Å². The van der Waals surface area contributed by atoms with E-state index in [1.54, 1.807) is 11.3 Å². The molecule has 0 unspecified atom stereocenters. The summed E-state index contributed by atoms with van der Waals surface area (Å²) < 4.78 is 2.19. The maximum absolute atomic E-state index is 8.06. The Bertz CT molecular complexity index is 317. The summed E-state index contributed by atoms with van der Waals surface area (Å²) in [6.07, 6.45) is 0.784. The summed E-state index contributed by atoms with van der Waals surface area (Å²) in [5, 5.41) is 3.47. The standard InChI is InChI=1S/C6H5Br2N3S/c7-5-3-4(6(8)12-5)1-2-10-11-9/h3H,1-2H2. The maximum atomic E-state index is 8.06. The van der Waals surface area contributed by atoms with Gasteiger partial charge in [-0.2, -0.15) is 0 Å². The Morgan fingerprint density at radius 3 is 2.83 bits per heavy atom. The molecule has 0 fully saturated rings. The highest BCUT2D eigenvalue weighted by atomic mass is 79.9. The monoisotopic (exact) mass is 309 g/mol. The van der Waals surface area contributed by atoms with E-state index in [0.717, 1.165) is 14.0 Å². The highest BCUT2D eigenvalue weighted by Crippen LogP contribution is 2.31. The van der Waals surface area contributed by atoms with Crippen molar-refractivity contribution in [1.82, 2.24) is 0 Å². The van der Waals surface area contributed by atoms with Crippen LogP contribution in [0.1, 0.15) is 5.56 Å². The first-order valence-electron chi connectivity index (χ1n) is 3.18. The molecule has 64 valence electrons. The van der Waals surface area contributed by atoms with Gasteiger partial charge in [0.25, 0.3) is 0 Å². The van der Waals surface area contributed by atoms with Gasteiger partial charge in [-0.25, -0.2) is 0 Å². The Balaban J connectivity index is 2.62. The second-order valence-electron chi connectivity index (χ2n) is 2.05. The molecule has 1 aromatic heterocycles. The topological polar surface area (TPSA) is 48.8 Å². The SMILES string of the molecule is [N-]=[N+]=NCCc1cc(Br)sc1Br. The lowest BCUT2D eigenvalue weighted by Crippen LogP contribution is -1.85. The van der Waals surface area contributed by atoms with Crippen LogP contribution in [0.3, 0.4) is 0 Å². The zero-order chi connectivity index (χ0) is 8.97. The van der Waals surface area contributed by atoms with Gasteiger partial charge in [0.2, 0.25) is 0 Å². The van der Waals surface area contributed by atoms with Crippen LogP contribution < -0.4 is 0 Å². The summed E-state index contributed by atoms with van der Waals surface area (Å²) in [6, 6.07) is 2.03. The minimum absolute atomic E-state index is 0.512. The molecule has 0 saturated heterocycles. The quantitative estimate of drug-likeness (QED) is 0.458. The summed E-state index contributed by atoms with van der Waals surface area (Å²) in [5.74, 6) is 0. The lowest BCUT2D eigenvalue weighted by molar-refractivity contribution is 0.957. The number of halogens is 2. The lowest BCUT2D eigenvalue weighted by atomic mass is 10.2. The molecule has 1 rings (SSSR count). The number of azide groups is 1. The van der Waals surface area contributed by atoms with Gasteiger partial charge in [-0.3, -0.25) is 0 Å². The maximum Gasteiger partial charge on any atom is 0.0742 e. The molecule has 0 aliphatic carbocycles. The van der Waals surface area contributed by atoms with Crippen LogP contribution in [0, 0.1) is 0 Å². The molecule has 0 saturated carbocycles. The molecule has 0 radical (unpaired) electrons. The van der Waals surface area contributed by atoms with E-state index < -0.39 is 0 Å². The predicted molar refractivity (Wildman–Crippen MR) is 57.4 cm³/mol. The van der Waals surface area contributed by atoms with Crippen LogP contribution in [0.2, 0.25) is 0 Å². The molecule has 0 aliphatic rings. The van der Waals surface area contributed by atoms with Gasteiger partial charge in [-0.1, -0.05) is 5.11 Å². The molecule has 0 spiro atoms. The summed E-state index contributed by atoms with van der Waals surface area (Å²) in [6.45, 7) is 0.512. The molecular formula is C6H5Br2N3S. The molecule has 1 heterocycles. The summed E-state index contributed by atoms with van der Waals surface area (Å²) in [7, 11) is 0. The lowest BCUT2D eigenvalue weighted by Gasteiger charge is -1.91. The van der Waals surface area contributed by atoms with Crippen LogP contribution in [0.5, 0.6) is 0 Å². The van der Waals surface area contributed by atoms with Gasteiger partial charge >= 0.3 is 0 Å². The Hall–Kier alpha value is -0.0300. The van der Waals surface area contributed by atoms with Crippen LogP contribution in [-0.4, -0.2) is 6.54 Å². The average Bonchev–Trinajstić information content (AvgIpc) is 2.31. The van der Waals surface area contributed by atoms with E-state index in [9.17, 15) is 0 Å². The van der Waals surface area contributed by atoms with Gasteiger partial charge in [0.15, 0.2) is 0 Å². The van der Waals surface area contributed by atoms with Crippen LogP contribution >= 0.6 is 43.2 Å². The molecule has 0 bridgehead atoms. The second-order valence-corrected chi connectivity index (χ2v) is 5.80. The molecule has 0 aromatic carbocycles. The van der Waals surface area contributed by atoms with Gasteiger partial charge in [0.1, 0.15) is 0 Å². The minimum Gasteiger partial charge on any atom is -0.121 e. The van der Waals surface area contributed by atoms with Crippen LogP contribution in [0.4, 0.5) is 0 Å². The smallest absolute Gasteiger partial charge is 0.0742 e. The zero-order valence-electron chi connectivity index (χ0n) is 6.00. The van der Waals surface area contributed by atoms with Crippen molar-refractivity contribution >= 4 is 43.2 Å². The molecule has 1 aromatic rings. The Kier molecular flexibility index (Phi) is 4.08. The van der Waals surface area contributed by atoms with E-state index in [0.29, 0.717) is 6.54 Å². The second kappa shape index (κ2) is 4.87. The normalized spacial score (nSPS) is 9.50. The van der Waals surface area contributed by atoms with Gasteiger partial charge in [-0.05, 0) is 55.4 Å². The Morgan fingerprint density at radius 1 is 1.58 bits per heavy atom. The van der Waals surface area contributed by atoms with Crippen molar-refractivity contribution in [2.75, 3.05) is 6.54 Å². The van der Waals surface area contributed by atoms with Crippen LogP contribution in [0.25, 0.3) is 10.4 Å². The third kappa shape index (κ3) is 2.79. The molecular weight excluding hydrogens is 306 g/mol. The number of rotatable bonds is 3. The number of hydrogen-bond donors (Lipinski definition) is 0. The van der Waals surface area contributed by atoms with Gasteiger partial charge in [0, 0.05) is 11.5 Å². The summed E-state index contributed by atoms with van der Waals surface area (Å²) >= 11 is 8.43. The third-order valence-electron chi connectivity index (χ3n) is 1.27. The summed E-state index contributed by atoms with van der Waals surface area (Å²) in [4.78, 5) is 2.69. The van der Waals surface area contributed by atoms with Crippen molar-refractivity contribution in [2.45, 2.75) is 6.42 Å². The van der Waals surface area contributed by atoms with Crippen molar-refractivity contribution in [2.24, 2.45) is 5.11 Å². The molecule has 0 atom stereocenters. The number of thiophene rings is 1. The van der Waals surface area contributed by atoms with E-state index in [2.05, 4.69) is 41.9 Å². The number of hydrogen-bond acceptors (Lipinski definition) is 2. The van der Waals surface area contributed by atoms with Crippen molar-refractivity contribution in [3.63, 3.8) is 0 Å². The zero-order valence-corrected chi connectivity index (χ0v) is 9.99.